The molecule has 2 heterocycles. The molecular weight excluding hydrogens is 443 g/mol. The Labute approximate surface area is 160 Å². The highest BCUT2D eigenvalue weighted by Gasteiger charge is 2.42. The van der Waals surface area contributed by atoms with Crippen LogP contribution in [0, 0.1) is 5.92 Å². The molecular formula is C12H20NO12P3. The first-order valence-electron chi connectivity index (χ1n) is 7.78. The molecule has 2 aliphatic heterocycles. The summed E-state index contributed by atoms with van der Waals surface area (Å²) >= 11 is 0. The van der Waals surface area contributed by atoms with Crippen LogP contribution in [0.15, 0.2) is 24.6 Å². The van der Waals surface area contributed by atoms with Crippen LogP contribution in [0.4, 0.5) is 0 Å². The van der Waals surface area contributed by atoms with Gasteiger partial charge in [-0.2, -0.15) is 8.62 Å². The monoisotopic (exact) mass is 463 g/mol. The highest BCUT2D eigenvalue weighted by molar-refractivity contribution is 7.66. The van der Waals surface area contributed by atoms with E-state index in [1.807, 2.05) is 6.92 Å². The second-order valence-corrected chi connectivity index (χ2v) is 10.6. The Morgan fingerprint density at radius 1 is 1.21 bits per heavy atom. The number of hydrogen-bond donors (Lipinski definition) is 4. The van der Waals surface area contributed by atoms with Crippen molar-refractivity contribution in [3.8, 4) is 0 Å². The quantitative estimate of drug-likeness (QED) is 0.378. The fourth-order valence-electron chi connectivity index (χ4n) is 2.73. The van der Waals surface area contributed by atoms with Gasteiger partial charge in [0.25, 0.3) is 0 Å². The minimum absolute atomic E-state index is 0.0795. The number of phosphoric ester groups is 1. The van der Waals surface area contributed by atoms with Gasteiger partial charge < -0.3 is 29.2 Å². The zero-order valence-electron chi connectivity index (χ0n) is 14.6. The first-order chi connectivity index (χ1) is 12.7. The van der Waals surface area contributed by atoms with E-state index >= 15 is 0 Å². The highest BCUT2D eigenvalue weighted by Crippen LogP contribution is 2.66. The minimum atomic E-state index is -5.56. The van der Waals surface area contributed by atoms with Crippen molar-refractivity contribution in [3.05, 3.63) is 24.6 Å². The SMILES string of the molecule is C=C1CC(=O)C=CN1C1OC(COP(=O)(O)OP(=O)(O)OP(=O)(O)O)CC1C. The minimum Gasteiger partial charge on any atom is -0.352 e. The average molecular weight is 463 g/mol. The van der Waals surface area contributed by atoms with Crippen LogP contribution in [0.1, 0.15) is 19.8 Å². The van der Waals surface area contributed by atoms with Gasteiger partial charge in [-0.15, -0.1) is 0 Å². The lowest BCUT2D eigenvalue weighted by atomic mass is 10.0. The number of carbonyl (C=O) groups excluding carboxylic acids is 1. The zero-order chi connectivity index (χ0) is 21.3. The Bertz CT molecular complexity index is 806. The molecule has 160 valence electrons. The Kier molecular flexibility index (Phi) is 7.24. The number of ketones is 1. The molecule has 0 aromatic heterocycles. The summed E-state index contributed by atoms with van der Waals surface area (Å²) in [5.41, 5.74) is 0.526. The molecule has 13 nitrogen and oxygen atoms in total. The first kappa shape index (κ1) is 23.6. The smallest absolute Gasteiger partial charge is 0.352 e. The van der Waals surface area contributed by atoms with Crippen LogP contribution in [-0.2, 0) is 36.4 Å². The summed E-state index contributed by atoms with van der Waals surface area (Å²) in [4.78, 5) is 48.6. The van der Waals surface area contributed by atoms with E-state index in [-0.39, 0.29) is 18.1 Å². The van der Waals surface area contributed by atoms with Gasteiger partial charge in [0.15, 0.2) is 5.78 Å². The number of hydrogen-bond acceptors (Lipinski definition) is 9. The molecule has 1 fully saturated rings. The molecule has 0 radical (unpaired) electrons. The van der Waals surface area contributed by atoms with E-state index in [1.165, 1.54) is 12.3 Å². The number of carbonyl (C=O) groups is 1. The lowest BCUT2D eigenvalue weighted by Crippen LogP contribution is -2.36. The molecule has 0 aromatic carbocycles. The summed E-state index contributed by atoms with van der Waals surface area (Å²) in [6, 6.07) is 0. The van der Waals surface area contributed by atoms with Crippen LogP contribution in [0.3, 0.4) is 0 Å². The number of ether oxygens (including phenoxy) is 1. The lowest BCUT2D eigenvalue weighted by molar-refractivity contribution is -0.115. The van der Waals surface area contributed by atoms with E-state index in [0.717, 1.165) is 0 Å². The summed E-state index contributed by atoms with van der Waals surface area (Å²) in [5.74, 6) is -0.180. The van der Waals surface area contributed by atoms with Crippen molar-refractivity contribution in [1.29, 1.82) is 0 Å². The van der Waals surface area contributed by atoms with Gasteiger partial charge >= 0.3 is 23.5 Å². The molecule has 2 rings (SSSR count). The van der Waals surface area contributed by atoms with Gasteiger partial charge in [-0.1, -0.05) is 13.5 Å². The normalized spacial score (nSPS) is 30.3. The largest absolute Gasteiger partial charge is 0.490 e. The van der Waals surface area contributed by atoms with Crippen LogP contribution in [0.25, 0.3) is 0 Å². The first-order valence-corrected chi connectivity index (χ1v) is 12.3. The summed E-state index contributed by atoms with van der Waals surface area (Å²) < 4.78 is 51.2. The van der Waals surface area contributed by atoms with E-state index in [2.05, 4.69) is 19.7 Å². The molecule has 5 atom stereocenters. The van der Waals surface area contributed by atoms with Crippen molar-refractivity contribution in [1.82, 2.24) is 4.90 Å². The molecule has 2 aliphatic rings. The second kappa shape index (κ2) is 8.59. The zero-order valence-corrected chi connectivity index (χ0v) is 17.2. The van der Waals surface area contributed by atoms with Gasteiger partial charge in [-0.25, -0.2) is 13.7 Å². The third-order valence-corrected chi connectivity index (χ3v) is 7.53. The maximum atomic E-state index is 11.7. The van der Waals surface area contributed by atoms with Crippen molar-refractivity contribution in [2.75, 3.05) is 6.61 Å². The van der Waals surface area contributed by atoms with E-state index in [1.54, 1.807) is 4.90 Å². The molecule has 16 heteroatoms. The molecule has 1 saturated heterocycles. The molecule has 0 saturated carbocycles. The highest BCUT2D eigenvalue weighted by atomic mass is 31.3. The number of nitrogens with zero attached hydrogens (tertiary/aromatic N) is 1. The predicted octanol–water partition coefficient (Wildman–Crippen LogP) is 1.38. The Morgan fingerprint density at radius 3 is 2.43 bits per heavy atom. The fraction of sp³-hybridized carbons (Fsp3) is 0.583. The van der Waals surface area contributed by atoms with E-state index in [0.29, 0.717) is 12.1 Å². The second-order valence-electron chi connectivity index (χ2n) is 6.18. The average Bonchev–Trinajstić information content (AvgIpc) is 2.82. The molecule has 0 spiro atoms. The van der Waals surface area contributed by atoms with Crippen LogP contribution in [0.5, 0.6) is 0 Å². The predicted molar refractivity (Wildman–Crippen MR) is 92.0 cm³/mol. The van der Waals surface area contributed by atoms with Crippen molar-refractivity contribution < 1.29 is 55.9 Å². The number of rotatable bonds is 8. The maximum Gasteiger partial charge on any atom is 0.490 e. The van der Waals surface area contributed by atoms with Gasteiger partial charge in [0.1, 0.15) is 6.23 Å². The molecule has 0 aromatic rings. The van der Waals surface area contributed by atoms with Crippen LogP contribution in [0.2, 0.25) is 0 Å². The Hall–Kier alpha value is -0.680. The fourth-order valence-corrected chi connectivity index (χ4v) is 5.78. The van der Waals surface area contributed by atoms with Crippen LogP contribution < -0.4 is 0 Å². The standard InChI is InChI=1S/C12H20NO12P3/c1-8-5-11(23-12(8)13-4-3-10(14)6-9(13)2)7-22-27(18,19)25-28(20,21)24-26(15,16)17/h3-4,8,11-12H,2,5-7H2,1H3,(H,18,19)(H,20,21)(H2,15,16,17). The molecule has 5 unspecified atom stereocenters. The van der Waals surface area contributed by atoms with Gasteiger partial charge in [-0.05, 0) is 12.5 Å². The third kappa shape index (κ3) is 6.98. The summed E-state index contributed by atoms with van der Waals surface area (Å²) in [6.07, 6.45) is 2.21. The van der Waals surface area contributed by atoms with Gasteiger partial charge in [0.2, 0.25) is 0 Å². The third-order valence-electron chi connectivity index (χ3n) is 3.73. The van der Waals surface area contributed by atoms with Crippen molar-refractivity contribution >= 4 is 29.3 Å². The topological polar surface area (TPSA) is 189 Å². The van der Waals surface area contributed by atoms with Gasteiger partial charge in [0, 0.05) is 17.8 Å². The van der Waals surface area contributed by atoms with Gasteiger partial charge in [-0.3, -0.25) is 9.32 Å². The summed E-state index contributed by atoms with van der Waals surface area (Å²) in [7, 11) is -16.2. The summed E-state index contributed by atoms with van der Waals surface area (Å²) in [5, 5.41) is 0. The van der Waals surface area contributed by atoms with E-state index in [9.17, 15) is 23.4 Å². The summed E-state index contributed by atoms with van der Waals surface area (Å²) in [6.45, 7) is 5.13. The van der Waals surface area contributed by atoms with E-state index < -0.39 is 42.4 Å². The molecule has 0 amide bonds. The number of allylic oxidation sites excluding steroid dienone is 2. The Morgan fingerprint density at radius 2 is 1.86 bits per heavy atom. The maximum absolute atomic E-state index is 11.7. The Balaban J connectivity index is 1.92. The van der Waals surface area contributed by atoms with Crippen molar-refractivity contribution in [3.63, 3.8) is 0 Å². The van der Waals surface area contributed by atoms with Crippen molar-refractivity contribution in [2.45, 2.75) is 32.1 Å². The van der Waals surface area contributed by atoms with Crippen molar-refractivity contribution in [2.24, 2.45) is 5.92 Å². The molecule has 28 heavy (non-hydrogen) atoms. The van der Waals surface area contributed by atoms with Crippen LogP contribution >= 0.6 is 23.5 Å². The molecule has 4 N–H and O–H groups in total. The lowest BCUT2D eigenvalue weighted by Gasteiger charge is -2.33. The molecule has 0 aliphatic carbocycles. The molecule has 0 bridgehead atoms. The van der Waals surface area contributed by atoms with Crippen LogP contribution in [-0.4, -0.2) is 49.2 Å². The van der Waals surface area contributed by atoms with E-state index in [4.69, 9.17) is 19.4 Å². The van der Waals surface area contributed by atoms with Gasteiger partial charge in [0.05, 0.1) is 19.1 Å². The number of phosphoric acid groups is 3.